The van der Waals surface area contributed by atoms with Crippen LogP contribution >= 0.6 is 0 Å². The summed E-state index contributed by atoms with van der Waals surface area (Å²) in [5, 5.41) is 10.3. The monoisotopic (exact) mass is 186 g/mol. The number of rotatable bonds is 6. The predicted molar refractivity (Wildman–Crippen MR) is 41.8 cm³/mol. The summed E-state index contributed by atoms with van der Waals surface area (Å²) < 4.78 is 0. The molecule has 0 heterocycles. The van der Waals surface area contributed by atoms with Crippen LogP contribution in [0.3, 0.4) is 0 Å². The zero-order valence-electron chi connectivity index (χ0n) is 6.87. The van der Waals surface area contributed by atoms with E-state index >= 15 is 0 Å². The first-order chi connectivity index (χ1) is 6.16. The van der Waals surface area contributed by atoms with Gasteiger partial charge >= 0.3 is 0 Å². The molecular formula is C6H10N4O3. The van der Waals surface area contributed by atoms with Crippen molar-refractivity contribution in [3.8, 4) is 6.07 Å². The number of nitrogens with one attached hydrogen (secondary N) is 2. The van der Waals surface area contributed by atoms with E-state index in [2.05, 4.69) is 15.6 Å². The minimum atomic E-state index is -0.634. The number of amides is 2. The van der Waals surface area contributed by atoms with Gasteiger partial charge in [-0.2, -0.15) is 10.7 Å². The van der Waals surface area contributed by atoms with Crippen molar-refractivity contribution in [3.63, 3.8) is 0 Å². The topological polar surface area (TPSA) is 117 Å². The van der Waals surface area contributed by atoms with Crippen molar-refractivity contribution in [2.75, 3.05) is 19.7 Å². The Morgan fingerprint density at radius 1 is 1.54 bits per heavy atom. The average molecular weight is 186 g/mol. The van der Waals surface area contributed by atoms with E-state index in [1.807, 2.05) is 0 Å². The van der Waals surface area contributed by atoms with E-state index in [-0.39, 0.29) is 19.7 Å². The van der Waals surface area contributed by atoms with E-state index < -0.39 is 11.8 Å². The van der Waals surface area contributed by atoms with Gasteiger partial charge in [0.2, 0.25) is 11.8 Å². The average Bonchev–Trinajstić information content (AvgIpc) is 2.08. The number of carbonyl (C=O) groups is 2. The molecule has 0 saturated heterocycles. The number of nitrogens with two attached hydrogens (primary N) is 1. The summed E-state index contributed by atoms with van der Waals surface area (Å²) in [5.41, 5.74) is 6.95. The Balaban J connectivity index is 3.28. The fourth-order valence-electron chi connectivity index (χ4n) is 0.439. The van der Waals surface area contributed by atoms with Crippen LogP contribution in [0.2, 0.25) is 0 Å². The fraction of sp³-hybridized carbons (Fsp3) is 0.500. The second-order valence-corrected chi connectivity index (χ2v) is 2.01. The van der Waals surface area contributed by atoms with Crippen molar-refractivity contribution in [2.24, 2.45) is 5.73 Å². The van der Waals surface area contributed by atoms with E-state index in [4.69, 9.17) is 11.0 Å². The third-order valence-corrected chi connectivity index (χ3v) is 0.914. The molecule has 0 saturated carbocycles. The third kappa shape index (κ3) is 8.25. The van der Waals surface area contributed by atoms with Gasteiger partial charge in [0.1, 0.15) is 13.2 Å². The second kappa shape index (κ2) is 7.02. The zero-order valence-corrected chi connectivity index (χ0v) is 6.87. The number of nitriles is 1. The molecule has 13 heavy (non-hydrogen) atoms. The molecule has 2 amide bonds. The first kappa shape index (κ1) is 11.4. The lowest BCUT2D eigenvalue weighted by atomic mass is 10.6. The minimum absolute atomic E-state index is 0.0592. The van der Waals surface area contributed by atoms with E-state index in [0.717, 1.165) is 0 Å². The maximum absolute atomic E-state index is 10.7. The van der Waals surface area contributed by atoms with Crippen LogP contribution < -0.4 is 16.5 Å². The molecule has 0 aromatic rings. The molecule has 0 aromatic carbocycles. The predicted octanol–water partition coefficient (Wildman–Crippen LogP) is -2.37. The number of hydrogen-bond acceptors (Lipinski definition) is 5. The molecule has 0 aliphatic heterocycles. The van der Waals surface area contributed by atoms with E-state index in [0.29, 0.717) is 0 Å². The summed E-state index contributed by atoms with van der Waals surface area (Å²) in [7, 11) is 0. The van der Waals surface area contributed by atoms with Gasteiger partial charge in [-0.3, -0.25) is 14.4 Å². The fourth-order valence-corrected chi connectivity index (χ4v) is 0.439. The highest BCUT2D eigenvalue weighted by Crippen LogP contribution is 1.67. The SMILES string of the molecule is N#CCNC(=O)CNOCC(N)=O. The van der Waals surface area contributed by atoms with Gasteiger partial charge in [0.05, 0.1) is 12.6 Å². The van der Waals surface area contributed by atoms with Crippen molar-refractivity contribution >= 4 is 11.8 Å². The quantitative estimate of drug-likeness (QED) is 0.243. The van der Waals surface area contributed by atoms with Crippen LogP contribution in [0.25, 0.3) is 0 Å². The van der Waals surface area contributed by atoms with Gasteiger partial charge in [-0.25, -0.2) is 0 Å². The van der Waals surface area contributed by atoms with E-state index in [1.54, 1.807) is 6.07 Å². The second-order valence-electron chi connectivity index (χ2n) is 2.01. The molecule has 0 fully saturated rings. The van der Waals surface area contributed by atoms with E-state index in [1.165, 1.54) is 0 Å². The Labute approximate surface area is 74.8 Å². The molecule has 7 heteroatoms. The lowest BCUT2D eigenvalue weighted by molar-refractivity contribution is -0.129. The molecule has 4 N–H and O–H groups in total. The van der Waals surface area contributed by atoms with Crippen molar-refractivity contribution in [3.05, 3.63) is 0 Å². The van der Waals surface area contributed by atoms with Crippen LogP contribution in [-0.4, -0.2) is 31.5 Å². The third-order valence-electron chi connectivity index (χ3n) is 0.914. The highest BCUT2D eigenvalue weighted by Gasteiger charge is 1.99. The van der Waals surface area contributed by atoms with Gasteiger partial charge in [-0.15, -0.1) is 0 Å². The van der Waals surface area contributed by atoms with Crippen LogP contribution in [0.5, 0.6) is 0 Å². The number of hydrogen-bond donors (Lipinski definition) is 3. The largest absolute Gasteiger partial charge is 0.368 e. The van der Waals surface area contributed by atoms with Crippen LogP contribution in [0.4, 0.5) is 0 Å². The number of primary amides is 1. The molecule has 0 aliphatic rings. The summed E-state index contributed by atoms with van der Waals surface area (Å²) in [4.78, 5) is 25.3. The van der Waals surface area contributed by atoms with Gasteiger partial charge in [0.25, 0.3) is 0 Å². The van der Waals surface area contributed by atoms with Crippen LogP contribution in [0, 0.1) is 11.3 Å². The van der Waals surface area contributed by atoms with Gasteiger partial charge in [-0.05, 0) is 0 Å². The molecule has 0 aromatic heterocycles. The molecule has 7 nitrogen and oxygen atoms in total. The molecule has 0 radical (unpaired) electrons. The van der Waals surface area contributed by atoms with Crippen molar-refractivity contribution < 1.29 is 14.4 Å². The Hall–Kier alpha value is -1.65. The van der Waals surface area contributed by atoms with Crippen LogP contribution in [0.1, 0.15) is 0 Å². The molecule has 0 rings (SSSR count). The Kier molecular flexibility index (Phi) is 6.13. The summed E-state index contributed by atoms with van der Waals surface area (Å²) in [6.45, 7) is -0.489. The van der Waals surface area contributed by atoms with Gasteiger partial charge in [-0.1, -0.05) is 0 Å². The lowest BCUT2D eigenvalue weighted by Crippen LogP contribution is -2.35. The van der Waals surface area contributed by atoms with Gasteiger partial charge < -0.3 is 11.1 Å². The summed E-state index contributed by atoms with van der Waals surface area (Å²) in [6.07, 6.45) is 0. The Morgan fingerprint density at radius 3 is 2.77 bits per heavy atom. The maximum atomic E-state index is 10.7. The number of hydroxylamine groups is 1. The summed E-state index contributed by atoms with van der Waals surface area (Å²) in [5.74, 6) is -1.03. The Bertz CT molecular complexity index is 222. The summed E-state index contributed by atoms with van der Waals surface area (Å²) >= 11 is 0. The van der Waals surface area contributed by atoms with Crippen molar-refractivity contribution in [1.29, 1.82) is 5.26 Å². The Morgan fingerprint density at radius 2 is 2.23 bits per heavy atom. The van der Waals surface area contributed by atoms with E-state index in [9.17, 15) is 9.59 Å². The molecule has 0 spiro atoms. The first-order valence-corrected chi connectivity index (χ1v) is 3.43. The lowest BCUT2D eigenvalue weighted by Gasteiger charge is -2.02. The molecule has 72 valence electrons. The molecule has 0 unspecified atom stereocenters. The highest BCUT2D eigenvalue weighted by atomic mass is 16.6. The first-order valence-electron chi connectivity index (χ1n) is 3.43. The molecule has 0 atom stereocenters. The maximum Gasteiger partial charge on any atom is 0.245 e. The normalized spacial score (nSPS) is 8.85. The van der Waals surface area contributed by atoms with Gasteiger partial charge in [0, 0.05) is 0 Å². The summed E-state index contributed by atoms with van der Waals surface area (Å²) in [6, 6.07) is 1.73. The van der Waals surface area contributed by atoms with Gasteiger partial charge in [0.15, 0.2) is 0 Å². The highest BCUT2D eigenvalue weighted by molar-refractivity contribution is 5.78. The smallest absolute Gasteiger partial charge is 0.245 e. The van der Waals surface area contributed by atoms with Crippen molar-refractivity contribution in [2.45, 2.75) is 0 Å². The number of nitrogens with zero attached hydrogens (tertiary/aromatic N) is 1. The van der Waals surface area contributed by atoms with Crippen molar-refractivity contribution in [1.82, 2.24) is 10.8 Å². The molecule has 0 bridgehead atoms. The van der Waals surface area contributed by atoms with Crippen LogP contribution in [-0.2, 0) is 14.4 Å². The zero-order chi connectivity index (χ0) is 10.1. The number of carbonyl (C=O) groups excluding carboxylic acids is 2. The minimum Gasteiger partial charge on any atom is -0.368 e. The molecule has 0 aliphatic carbocycles. The van der Waals surface area contributed by atoms with Crippen LogP contribution in [0.15, 0.2) is 0 Å². The molecular weight excluding hydrogens is 176 g/mol. The standard InChI is InChI=1S/C6H10N4O3/c7-1-2-9-6(12)3-10-13-4-5(8)11/h10H,2-4H2,(H2,8,11)(H,9,12).